The predicted molar refractivity (Wildman–Crippen MR) is 85.7 cm³/mol. The molecule has 0 bridgehead atoms. The van der Waals surface area contributed by atoms with Crippen molar-refractivity contribution in [3.8, 4) is 0 Å². The highest BCUT2D eigenvalue weighted by Gasteiger charge is 2.44. The molecule has 1 N–H and O–H groups in total. The van der Waals surface area contributed by atoms with Crippen LogP contribution in [0.2, 0.25) is 0 Å². The van der Waals surface area contributed by atoms with Gasteiger partial charge >= 0.3 is 0 Å². The van der Waals surface area contributed by atoms with Gasteiger partial charge in [0, 0.05) is 8.95 Å². The van der Waals surface area contributed by atoms with E-state index >= 15 is 0 Å². The summed E-state index contributed by atoms with van der Waals surface area (Å²) in [6, 6.07) is 5.59. The number of benzene rings is 1. The summed E-state index contributed by atoms with van der Waals surface area (Å²) in [7, 11) is 0. The predicted octanol–water partition coefficient (Wildman–Crippen LogP) is 3.23. The molecule has 0 aromatic heterocycles. The molecule has 0 atom stereocenters. The smallest absolute Gasteiger partial charge is 0.253 e. The third kappa shape index (κ3) is 2.63. The van der Waals surface area contributed by atoms with Gasteiger partial charge in [0.15, 0.2) is 0 Å². The molecular weight excluding hydrogens is 388 g/mol. The van der Waals surface area contributed by atoms with E-state index < -0.39 is 5.54 Å². The molecule has 108 valence electrons. The molecule has 1 saturated heterocycles. The van der Waals surface area contributed by atoms with Gasteiger partial charge in [-0.15, -0.1) is 0 Å². The maximum atomic E-state index is 12.8. The molecule has 1 aromatic carbocycles. The molecule has 20 heavy (non-hydrogen) atoms. The Morgan fingerprint density at radius 3 is 2.50 bits per heavy atom. The summed E-state index contributed by atoms with van der Waals surface area (Å²) in [5.41, 5.74) is -0.0811. The molecule has 0 saturated carbocycles. The van der Waals surface area contributed by atoms with Crippen molar-refractivity contribution in [2.45, 2.75) is 32.2 Å². The topological polar surface area (TPSA) is 49.4 Å². The monoisotopic (exact) mass is 402 g/mol. The van der Waals surface area contributed by atoms with Crippen LogP contribution in [-0.2, 0) is 9.59 Å². The maximum absolute atomic E-state index is 12.8. The van der Waals surface area contributed by atoms with Gasteiger partial charge in [0.25, 0.3) is 5.91 Å². The lowest BCUT2D eigenvalue weighted by molar-refractivity contribution is -0.136. The Morgan fingerprint density at radius 2 is 1.90 bits per heavy atom. The van der Waals surface area contributed by atoms with Crippen LogP contribution in [0.4, 0.5) is 5.69 Å². The van der Waals surface area contributed by atoms with Crippen LogP contribution in [0.15, 0.2) is 27.1 Å². The number of piperazine rings is 1. The SMILES string of the molecule is CCC1(CC)NC(=O)CN(c2cc(Br)ccc2Br)C1=O. The Balaban J connectivity index is 2.47. The molecular formula is C14H16Br2N2O2. The Hall–Kier alpha value is -0.880. The van der Waals surface area contributed by atoms with Gasteiger partial charge in [-0.1, -0.05) is 29.8 Å². The number of hydrogen-bond donors (Lipinski definition) is 1. The number of anilines is 1. The third-order valence-electron chi connectivity index (χ3n) is 3.74. The molecule has 4 nitrogen and oxygen atoms in total. The van der Waals surface area contributed by atoms with E-state index in [1.54, 1.807) is 4.90 Å². The molecule has 1 aliphatic heterocycles. The number of carbonyl (C=O) groups is 2. The van der Waals surface area contributed by atoms with Crippen molar-refractivity contribution in [3.63, 3.8) is 0 Å². The number of rotatable bonds is 3. The summed E-state index contributed by atoms with van der Waals surface area (Å²) in [4.78, 5) is 26.3. The summed E-state index contributed by atoms with van der Waals surface area (Å²) in [5.74, 6) is -0.180. The first-order valence-corrected chi connectivity index (χ1v) is 8.10. The normalized spacial score (nSPS) is 18.1. The highest BCUT2D eigenvalue weighted by molar-refractivity contribution is 9.11. The summed E-state index contributed by atoms with van der Waals surface area (Å²) in [5, 5.41) is 2.86. The summed E-state index contributed by atoms with van der Waals surface area (Å²) in [6.07, 6.45) is 1.16. The van der Waals surface area contributed by atoms with Crippen molar-refractivity contribution < 1.29 is 9.59 Å². The number of hydrogen-bond acceptors (Lipinski definition) is 2. The first kappa shape index (κ1) is 15.5. The van der Waals surface area contributed by atoms with Gasteiger partial charge in [-0.25, -0.2) is 0 Å². The van der Waals surface area contributed by atoms with Gasteiger partial charge < -0.3 is 5.32 Å². The van der Waals surface area contributed by atoms with Crippen molar-refractivity contribution in [1.82, 2.24) is 5.32 Å². The molecule has 0 unspecified atom stereocenters. The first-order valence-electron chi connectivity index (χ1n) is 6.51. The second-order valence-corrected chi connectivity index (χ2v) is 6.59. The van der Waals surface area contributed by atoms with E-state index in [0.29, 0.717) is 18.5 Å². The van der Waals surface area contributed by atoms with Gasteiger partial charge in [0.05, 0.1) is 5.69 Å². The highest BCUT2D eigenvalue weighted by Crippen LogP contribution is 2.33. The maximum Gasteiger partial charge on any atom is 0.253 e. The molecule has 1 heterocycles. The van der Waals surface area contributed by atoms with E-state index in [1.165, 1.54) is 0 Å². The minimum absolute atomic E-state index is 0.0512. The van der Waals surface area contributed by atoms with Crippen molar-refractivity contribution in [2.24, 2.45) is 0 Å². The van der Waals surface area contributed by atoms with Crippen molar-refractivity contribution in [3.05, 3.63) is 27.1 Å². The standard InChI is InChI=1S/C14H16Br2N2O2/c1-3-14(4-2)13(20)18(8-12(19)17-14)11-7-9(15)5-6-10(11)16/h5-7H,3-4,8H2,1-2H3,(H,17,19). The number of nitrogens with one attached hydrogen (secondary N) is 1. The molecule has 0 aliphatic carbocycles. The average Bonchev–Trinajstić information content (AvgIpc) is 2.44. The minimum atomic E-state index is -0.795. The van der Waals surface area contributed by atoms with E-state index in [1.807, 2.05) is 32.0 Å². The van der Waals surface area contributed by atoms with Crippen LogP contribution < -0.4 is 10.2 Å². The fourth-order valence-corrected chi connectivity index (χ4v) is 3.26. The molecule has 0 spiro atoms. The zero-order chi connectivity index (χ0) is 14.9. The number of nitrogens with zero attached hydrogens (tertiary/aromatic N) is 1. The van der Waals surface area contributed by atoms with Crippen LogP contribution in [0.1, 0.15) is 26.7 Å². The van der Waals surface area contributed by atoms with Crippen molar-refractivity contribution >= 4 is 49.4 Å². The van der Waals surface area contributed by atoms with Crippen molar-refractivity contribution in [2.75, 3.05) is 11.4 Å². The van der Waals surface area contributed by atoms with Gasteiger partial charge in [-0.05, 0) is 47.0 Å². The molecule has 1 aliphatic rings. The van der Waals surface area contributed by atoms with E-state index in [4.69, 9.17) is 0 Å². The zero-order valence-corrected chi connectivity index (χ0v) is 14.5. The van der Waals surface area contributed by atoms with Crippen molar-refractivity contribution in [1.29, 1.82) is 0 Å². The number of amides is 2. The van der Waals surface area contributed by atoms with Gasteiger partial charge in [0.2, 0.25) is 5.91 Å². The third-order valence-corrected chi connectivity index (χ3v) is 4.90. The quantitative estimate of drug-likeness (QED) is 0.842. The second-order valence-electron chi connectivity index (χ2n) is 4.82. The van der Waals surface area contributed by atoms with Crippen LogP contribution in [-0.4, -0.2) is 23.9 Å². The largest absolute Gasteiger partial charge is 0.340 e. The Labute approximate surface area is 135 Å². The van der Waals surface area contributed by atoms with E-state index in [2.05, 4.69) is 37.2 Å². The lowest BCUT2D eigenvalue weighted by atomic mass is 9.88. The van der Waals surface area contributed by atoms with E-state index in [0.717, 1.165) is 8.95 Å². The fourth-order valence-electron chi connectivity index (χ4n) is 2.45. The van der Waals surface area contributed by atoms with Gasteiger partial charge in [-0.3, -0.25) is 14.5 Å². The van der Waals surface area contributed by atoms with Crippen LogP contribution in [0.25, 0.3) is 0 Å². The average molecular weight is 404 g/mol. The van der Waals surface area contributed by atoms with E-state index in [-0.39, 0.29) is 18.4 Å². The Bertz CT molecular complexity index is 556. The van der Waals surface area contributed by atoms with Crippen LogP contribution in [0.3, 0.4) is 0 Å². The lowest BCUT2D eigenvalue weighted by Crippen LogP contribution is -2.66. The zero-order valence-electron chi connectivity index (χ0n) is 11.4. The minimum Gasteiger partial charge on any atom is -0.340 e. The van der Waals surface area contributed by atoms with E-state index in [9.17, 15) is 9.59 Å². The highest BCUT2D eigenvalue weighted by atomic mass is 79.9. The molecule has 0 radical (unpaired) electrons. The number of carbonyl (C=O) groups excluding carboxylic acids is 2. The van der Waals surface area contributed by atoms with Crippen LogP contribution >= 0.6 is 31.9 Å². The Kier molecular flexibility index (Phi) is 4.54. The fraction of sp³-hybridized carbons (Fsp3) is 0.429. The first-order chi connectivity index (χ1) is 9.43. The second kappa shape index (κ2) is 5.85. The van der Waals surface area contributed by atoms with Gasteiger partial charge in [0.1, 0.15) is 12.1 Å². The summed E-state index contributed by atoms with van der Waals surface area (Å²) >= 11 is 6.85. The number of halogens is 2. The van der Waals surface area contributed by atoms with Crippen LogP contribution in [0, 0.1) is 0 Å². The molecule has 6 heteroatoms. The molecule has 2 rings (SSSR count). The Morgan fingerprint density at radius 1 is 1.25 bits per heavy atom. The lowest BCUT2D eigenvalue weighted by Gasteiger charge is -2.41. The summed E-state index contributed by atoms with van der Waals surface area (Å²) < 4.78 is 1.66. The molecule has 1 aromatic rings. The molecule has 1 fully saturated rings. The van der Waals surface area contributed by atoms with Gasteiger partial charge in [-0.2, -0.15) is 0 Å². The molecule has 2 amide bonds. The summed E-state index contributed by atoms with van der Waals surface area (Å²) in [6.45, 7) is 3.89. The van der Waals surface area contributed by atoms with Crippen LogP contribution in [0.5, 0.6) is 0 Å².